The van der Waals surface area contributed by atoms with E-state index in [2.05, 4.69) is 5.32 Å². The predicted octanol–water partition coefficient (Wildman–Crippen LogP) is 1.09. The van der Waals surface area contributed by atoms with Crippen LogP contribution in [0.5, 0.6) is 5.75 Å². The minimum atomic E-state index is -0.559. The zero-order chi connectivity index (χ0) is 16.3. The maximum Gasteiger partial charge on any atom is 0.271 e. The minimum Gasteiger partial charge on any atom is -0.482 e. The molecule has 1 heterocycles. The summed E-state index contributed by atoms with van der Waals surface area (Å²) in [5, 5.41) is 13.6. The number of ether oxygens (including phenoxy) is 1. The average molecular weight is 307 g/mol. The highest BCUT2D eigenvalue weighted by molar-refractivity contribution is 6.02. The van der Waals surface area contributed by atoms with Crippen LogP contribution >= 0.6 is 0 Å². The van der Waals surface area contributed by atoms with Gasteiger partial charge in [-0.3, -0.25) is 24.6 Å². The van der Waals surface area contributed by atoms with Crippen molar-refractivity contribution in [1.82, 2.24) is 5.32 Å². The van der Waals surface area contributed by atoms with Crippen molar-refractivity contribution < 1.29 is 19.2 Å². The van der Waals surface area contributed by atoms with E-state index in [0.29, 0.717) is 12.3 Å². The smallest absolute Gasteiger partial charge is 0.271 e. The van der Waals surface area contributed by atoms with E-state index in [1.165, 1.54) is 23.1 Å². The summed E-state index contributed by atoms with van der Waals surface area (Å²) < 4.78 is 5.23. The van der Waals surface area contributed by atoms with Crippen LogP contribution in [0, 0.1) is 16.0 Å². The molecule has 8 heteroatoms. The largest absolute Gasteiger partial charge is 0.482 e. The summed E-state index contributed by atoms with van der Waals surface area (Å²) in [5.74, 6) is -0.0892. The summed E-state index contributed by atoms with van der Waals surface area (Å²) in [4.78, 5) is 35.4. The number of nitro groups is 1. The molecule has 0 aromatic heterocycles. The molecule has 0 saturated carbocycles. The van der Waals surface area contributed by atoms with Gasteiger partial charge in [0.25, 0.3) is 11.6 Å². The van der Waals surface area contributed by atoms with Crippen molar-refractivity contribution in [1.29, 1.82) is 0 Å². The van der Waals surface area contributed by atoms with Crippen LogP contribution in [0.1, 0.15) is 13.8 Å². The van der Waals surface area contributed by atoms with Crippen molar-refractivity contribution in [2.45, 2.75) is 13.8 Å². The summed E-state index contributed by atoms with van der Waals surface area (Å²) >= 11 is 0. The van der Waals surface area contributed by atoms with Gasteiger partial charge in [-0.2, -0.15) is 0 Å². The highest BCUT2D eigenvalue weighted by atomic mass is 16.6. The number of nitro benzene ring substituents is 1. The monoisotopic (exact) mass is 307 g/mol. The Morgan fingerprint density at radius 2 is 2.23 bits per heavy atom. The van der Waals surface area contributed by atoms with Gasteiger partial charge in [-0.25, -0.2) is 0 Å². The van der Waals surface area contributed by atoms with Gasteiger partial charge >= 0.3 is 0 Å². The zero-order valence-electron chi connectivity index (χ0n) is 12.4. The first kappa shape index (κ1) is 15.7. The van der Waals surface area contributed by atoms with Crippen LogP contribution in [0.25, 0.3) is 0 Å². The highest BCUT2D eigenvalue weighted by Crippen LogP contribution is 2.34. The fourth-order valence-electron chi connectivity index (χ4n) is 1.99. The van der Waals surface area contributed by atoms with Crippen molar-refractivity contribution >= 4 is 23.2 Å². The topological polar surface area (TPSA) is 102 Å². The molecule has 22 heavy (non-hydrogen) atoms. The van der Waals surface area contributed by atoms with E-state index in [9.17, 15) is 19.7 Å². The molecule has 0 bridgehead atoms. The number of hydrogen-bond acceptors (Lipinski definition) is 5. The summed E-state index contributed by atoms with van der Waals surface area (Å²) in [6, 6.07) is 3.96. The first-order chi connectivity index (χ1) is 10.4. The maximum absolute atomic E-state index is 12.0. The first-order valence-electron chi connectivity index (χ1n) is 6.86. The van der Waals surface area contributed by atoms with Crippen molar-refractivity contribution in [2.75, 3.05) is 24.6 Å². The number of fused-ring (bicyclic) bond motifs is 1. The molecule has 0 fully saturated rings. The fourth-order valence-corrected chi connectivity index (χ4v) is 1.99. The molecule has 0 aliphatic carbocycles. The Hall–Kier alpha value is -2.64. The number of carbonyl (C=O) groups excluding carboxylic acids is 2. The summed E-state index contributed by atoms with van der Waals surface area (Å²) in [5.41, 5.74) is 0.0785. The average Bonchev–Trinajstić information content (AvgIpc) is 2.47. The van der Waals surface area contributed by atoms with E-state index in [1.54, 1.807) is 0 Å². The van der Waals surface area contributed by atoms with Crippen LogP contribution in [0.3, 0.4) is 0 Å². The molecule has 0 radical (unpaired) electrons. The van der Waals surface area contributed by atoms with Gasteiger partial charge < -0.3 is 10.1 Å². The standard InChI is InChI=1S/C14H17N3O5/c1-9(2)6-15-13(18)7-16-11-5-10(17(20)21)3-4-12(11)22-8-14(16)19/h3-5,9H,6-8H2,1-2H3,(H,15,18). The Morgan fingerprint density at radius 1 is 1.50 bits per heavy atom. The van der Waals surface area contributed by atoms with E-state index in [0.717, 1.165) is 0 Å². The van der Waals surface area contributed by atoms with Crippen LogP contribution in [0.4, 0.5) is 11.4 Å². The third-order valence-corrected chi connectivity index (χ3v) is 3.11. The Bertz CT molecular complexity index is 614. The second-order valence-electron chi connectivity index (χ2n) is 5.38. The first-order valence-corrected chi connectivity index (χ1v) is 6.86. The normalized spacial score (nSPS) is 13.6. The molecule has 1 N–H and O–H groups in total. The number of rotatable bonds is 5. The van der Waals surface area contributed by atoms with Crippen molar-refractivity contribution in [3.05, 3.63) is 28.3 Å². The van der Waals surface area contributed by atoms with Gasteiger partial charge in [0.15, 0.2) is 6.61 Å². The Balaban J connectivity index is 2.21. The van der Waals surface area contributed by atoms with Gasteiger partial charge in [-0.05, 0) is 12.0 Å². The SMILES string of the molecule is CC(C)CNC(=O)CN1C(=O)COc2ccc([N+](=O)[O-])cc21. The number of anilines is 1. The van der Waals surface area contributed by atoms with Crippen LogP contribution in [-0.4, -0.2) is 36.4 Å². The number of benzene rings is 1. The Morgan fingerprint density at radius 3 is 2.86 bits per heavy atom. The molecule has 1 aromatic carbocycles. The van der Waals surface area contributed by atoms with Crippen LogP contribution in [0.15, 0.2) is 18.2 Å². The number of carbonyl (C=O) groups is 2. The van der Waals surface area contributed by atoms with Crippen LogP contribution in [0.2, 0.25) is 0 Å². The number of nitrogens with one attached hydrogen (secondary N) is 1. The third-order valence-electron chi connectivity index (χ3n) is 3.11. The summed E-state index contributed by atoms with van der Waals surface area (Å²) in [6.07, 6.45) is 0. The Labute approximate surface area is 127 Å². The molecular weight excluding hydrogens is 290 g/mol. The molecule has 0 atom stereocenters. The molecule has 1 aliphatic rings. The molecule has 0 unspecified atom stereocenters. The molecule has 2 amide bonds. The number of non-ortho nitro benzene ring substituents is 1. The summed E-state index contributed by atoms with van der Waals surface area (Å²) in [7, 11) is 0. The van der Waals surface area contributed by atoms with Crippen LogP contribution < -0.4 is 15.0 Å². The number of hydrogen-bond donors (Lipinski definition) is 1. The molecular formula is C14H17N3O5. The lowest BCUT2D eigenvalue weighted by Gasteiger charge is -2.28. The highest BCUT2D eigenvalue weighted by Gasteiger charge is 2.29. The molecule has 0 spiro atoms. The molecule has 1 aliphatic heterocycles. The molecule has 8 nitrogen and oxygen atoms in total. The molecule has 118 valence electrons. The van der Waals surface area contributed by atoms with Gasteiger partial charge in [0.05, 0.1) is 10.6 Å². The van der Waals surface area contributed by atoms with Crippen molar-refractivity contribution in [3.8, 4) is 5.75 Å². The van der Waals surface area contributed by atoms with Crippen LogP contribution in [-0.2, 0) is 9.59 Å². The molecule has 2 rings (SSSR count). The van der Waals surface area contributed by atoms with E-state index in [1.807, 2.05) is 13.8 Å². The predicted molar refractivity (Wildman–Crippen MR) is 78.8 cm³/mol. The maximum atomic E-state index is 12.0. The minimum absolute atomic E-state index is 0.162. The van der Waals surface area contributed by atoms with Gasteiger partial charge in [0.1, 0.15) is 12.3 Å². The van der Waals surface area contributed by atoms with E-state index < -0.39 is 10.8 Å². The number of amides is 2. The lowest BCUT2D eigenvalue weighted by Crippen LogP contribution is -2.45. The molecule has 0 saturated heterocycles. The second-order valence-corrected chi connectivity index (χ2v) is 5.38. The lowest BCUT2D eigenvalue weighted by atomic mass is 10.2. The quantitative estimate of drug-likeness (QED) is 0.648. The number of nitrogens with zero attached hydrogens (tertiary/aromatic N) is 2. The lowest BCUT2D eigenvalue weighted by molar-refractivity contribution is -0.384. The Kier molecular flexibility index (Phi) is 4.59. The van der Waals surface area contributed by atoms with Gasteiger partial charge in [0.2, 0.25) is 5.91 Å². The van der Waals surface area contributed by atoms with Gasteiger partial charge in [-0.1, -0.05) is 13.8 Å². The zero-order valence-corrected chi connectivity index (χ0v) is 12.4. The third kappa shape index (κ3) is 3.51. The molecule has 1 aromatic rings. The van der Waals surface area contributed by atoms with Gasteiger partial charge in [0, 0.05) is 18.7 Å². The van der Waals surface area contributed by atoms with Crippen molar-refractivity contribution in [2.24, 2.45) is 5.92 Å². The van der Waals surface area contributed by atoms with Gasteiger partial charge in [-0.15, -0.1) is 0 Å². The van der Waals surface area contributed by atoms with E-state index in [-0.39, 0.29) is 36.4 Å². The fraction of sp³-hybridized carbons (Fsp3) is 0.429. The van der Waals surface area contributed by atoms with E-state index in [4.69, 9.17) is 4.74 Å². The van der Waals surface area contributed by atoms with Crippen molar-refractivity contribution in [3.63, 3.8) is 0 Å². The second kappa shape index (κ2) is 6.42. The summed E-state index contributed by atoms with van der Waals surface area (Å²) in [6.45, 7) is 4.03. The van der Waals surface area contributed by atoms with E-state index >= 15 is 0 Å².